The van der Waals surface area contributed by atoms with Crippen LogP contribution in [0.5, 0.6) is 0 Å². The highest BCUT2D eigenvalue weighted by atomic mass is 35.5. The van der Waals surface area contributed by atoms with E-state index in [9.17, 15) is 0 Å². The molecule has 0 aliphatic rings. The van der Waals surface area contributed by atoms with Crippen LogP contribution in [0.15, 0.2) is 48.5 Å². The molecule has 0 saturated heterocycles. The lowest BCUT2D eigenvalue weighted by molar-refractivity contribution is 0.832. The Morgan fingerprint density at radius 1 is 1.05 bits per heavy atom. The summed E-state index contributed by atoms with van der Waals surface area (Å²) in [6, 6.07) is 16.3. The number of rotatable bonds is 6. The number of anilines is 2. The number of likely N-dealkylation sites (N-methyl/N-ethyl adjacent to an activating group) is 1. The number of hydrogen-bond donors (Lipinski definition) is 1. The van der Waals surface area contributed by atoms with Gasteiger partial charge < -0.3 is 10.2 Å². The normalized spacial score (nSPS) is 10.3. The van der Waals surface area contributed by atoms with Crippen LogP contribution in [0.25, 0.3) is 0 Å². The van der Waals surface area contributed by atoms with Crippen molar-refractivity contribution in [2.75, 3.05) is 29.9 Å². The van der Waals surface area contributed by atoms with Crippen LogP contribution in [0, 0.1) is 6.92 Å². The Labute approximate surface area is 126 Å². The van der Waals surface area contributed by atoms with Crippen molar-refractivity contribution in [2.24, 2.45) is 0 Å². The molecule has 20 heavy (non-hydrogen) atoms. The highest BCUT2D eigenvalue weighted by Gasteiger charge is 2.06. The molecule has 2 aromatic rings. The van der Waals surface area contributed by atoms with E-state index >= 15 is 0 Å². The summed E-state index contributed by atoms with van der Waals surface area (Å²) in [7, 11) is 0. The quantitative estimate of drug-likeness (QED) is 0.836. The fourth-order valence-electron chi connectivity index (χ4n) is 2.30. The topological polar surface area (TPSA) is 15.3 Å². The molecule has 0 aliphatic carbocycles. The number of nitrogens with zero attached hydrogens (tertiary/aromatic N) is 1. The smallest absolute Gasteiger partial charge is 0.0637 e. The van der Waals surface area contributed by atoms with Crippen molar-refractivity contribution in [3.63, 3.8) is 0 Å². The molecule has 0 unspecified atom stereocenters. The van der Waals surface area contributed by atoms with E-state index in [1.165, 1.54) is 11.3 Å². The van der Waals surface area contributed by atoms with Crippen LogP contribution in [-0.4, -0.2) is 19.6 Å². The van der Waals surface area contributed by atoms with Crippen LogP contribution in [0.3, 0.4) is 0 Å². The van der Waals surface area contributed by atoms with Crippen molar-refractivity contribution in [1.82, 2.24) is 0 Å². The number of para-hydroxylation sites is 2. The maximum absolute atomic E-state index is 6.14. The first-order valence-corrected chi connectivity index (χ1v) is 7.39. The van der Waals surface area contributed by atoms with E-state index in [1.54, 1.807) is 0 Å². The highest BCUT2D eigenvalue weighted by Crippen LogP contribution is 2.21. The van der Waals surface area contributed by atoms with E-state index in [1.807, 2.05) is 24.3 Å². The van der Waals surface area contributed by atoms with Gasteiger partial charge in [0.1, 0.15) is 0 Å². The van der Waals surface area contributed by atoms with Crippen molar-refractivity contribution in [2.45, 2.75) is 13.8 Å². The monoisotopic (exact) mass is 288 g/mol. The van der Waals surface area contributed by atoms with Gasteiger partial charge in [-0.15, -0.1) is 0 Å². The van der Waals surface area contributed by atoms with Crippen LogP contribution >= 0.6 is 11.6 Å². The summed E-state index contributed by atoms with van der Waals surface area (Å²) < 4.78 is 0. The molecule has 106 valence electrons. The van der Waals surface area contributed by atoms with Gasteiger partial charge in [-0.2, -0.15) is 0 Å². The second-order valence-electron chi connectivity index (χ2n) is 4.77. The average Bonchev–Trinajstić information content (AvgIpc) is 2.46. The van der Waals surface area contributed by atoms with E-state index in [-0.39, 0.29) is 0 Å². The molecule has 2 rings (SSSR count). The van der Waals surface area contributed by atoms with Gasteiger partial charge in [-0.25, -0.2) is 0 Å². The van der Waals surface area contributed by atoms with Crippen LogP contribution in [-0.2, 0) is 0 Å². The third-order valence-corrected chi connectivity index (χ3v) is 3.74. The third-order valence-electron chi connectivity index (χ3n) is 3.41. The van der Waals surface area contributed by atoms with Crippen molar-refractivity contribution in [3.8, 4) is 0 Å². The minimum Gasteiger partial charge on any atom is -0.382 e. The molecular weight excluding hydrogens is 268 g/mol. The SMILES string of the molecule is CCN(CCNc1ccccc1Cl)c1ccccc1C. The molecule has 0 aliphatic heterocycles. The molecule has 2 aromatic carbocycles. The highest BCUT2D eigenvalue weighted by molar-refractivity contribution is 6.33. The first kappa shape index (κ1) is 14.7. The second-order valence-corrected chi connectivity index (χ2v) is 5.18. The summed E-state index contributed by atoms with van der Waals surface area (Å²) in [5, 5.41) is 4.16. The molecule has 0 saturated carbocycles. The largest absolute Gasteiger partial charge is 0.382 e. The first-order valence-electron chi connectivity index (χ1n) is 7.01. The number of halogens is 1. The van der Waals surface area contributed by atoms with E-state index < -0.39 is 0 Å². The summed E-state index contributed by atoms with van der Waals surface area (Å²) in [5.74, 6) is 0. The molecule has 0 atom stereocenters. The zero-order valence-corrected chi connectivity index (χ0v) is 12.8. The molecule has 0 fully saturated rings. The molecular formula is C17H21ClN2. The fourth-order valence-corrected chi connectivity index (χ4v) is 2.50. The van der Waals surface area contributed by atoms with Gasteiger partial charge in [0.25, 0.3) is 0 Å². The van der Waals surface area contributed by atoms with Crippen molar-refractivity contribution < 1.29 is 0 Å². The molecule has 0 amide bonds. The number of benzene rings is 2. The van der Waals surface area contributed by atoms with E-state index in [4.69, 9.17) is 11.6 Å². The Kier molecular flexibility index (Phi) is 5.31. The Balaban J connectivity index is 1.95. The predicted octanol–water partition coefficient (Wildman–Crippen LogP) is 4.59. The van der Waals surface area contributed by atoms with Crippen molar-refractivity contribution >= 4 is 23.0 Å². The molecule has 3 heteroatoms. The minimum absolute atomic E-state index is 0.770. The van der Waals surface area contributed by atoms with Gasteiger partial charge in [0.2, 0.25) is 0 Å². The van der Waals surface area contributed by atoms with Crippen LogP contribution in [0.1, 0.15) is 12.5 Å². The zero-order valence-electron chi connectivity index (χ0n) is 12.1. The molecule has 0 radical (unpaired) electrons. The minimum atomic E-state index is 0.770. The summed E-state index contributed by atoms with van der Waals surface area (Å²) in [5.41, 5.74) is 3.61. The van der Waals surface area contributed by atoms with Crippen molar-refractivity contribution in [1.29, 1.82) is 0 Å². The molecule has 0 spiro atoms. The Bertz CT molecular complexity index is 554. The van der Waals surface area contributed by atoms with Gasteiger partial charge in [-0.1, -0.05) is 41.9 Å². The molecule has 0 aromatic heterocycles. The summed E-state index contributed by atoms with van der Waals surface area (Å²) >= 11 is 6.14. The molecule has 2 nitrogen and oxygen atoms in total. The van der Waals surface area contributed by atoms with Gasteiger partial charge in [0, 0.05) is 25.3 Å². The predicted molar refractivity (Wildman–Crippen MR) is 89.0 cm³/mol. The third kappa shape index (κ3) is 3.67. The lowest BCUT2D eigenvalue weighted by atomic mass is 10.2. The maximum Gasteiger partial charge on any atom is 0.0637 e. The summed E-state index contributed by atoms with van der Waals surface area (Å²) in [4.78, 5) is 2.37. The summed E-state index contributed by atoms with van der Waals surface area (Å²) in [6.07, 6.45) is 0. The zero-order chi connectivity index (χ0) is 14.4. The van der Waals surface area contributed by atoms with Gasteiger partial charge in [-0.05, 0) is 37.6 Å². The van der Waals surface area contributed by atoms with Crippen LogP contribution < -0.4 is 10.2 Å². The van der Waals surface area contributed by atoms with Crippen LogP contribution in [0.4, 0.5) is 11.4 Å². The Hall–Kier alpha value is -1.67. The molecule has 1 N–H and O–H groups in total. The fraction of sp³-hybridized carbons (Fsp3) is 0.294. The van der Waals surface area contributed by atoms with Crippen LogP contribution in [0.2, 0.25) is 5.02 Å². The summed E-state index contributed by atoms with van der Waals surface area (Å²) in [6.45, 7) is 7.15. The number of hydrogen-bond acceptors (Lipinski definition) is 2. The lowest BCUT2D eigenvalue weighted by Gasteiger charge is -2.25. The number of nitrogens with one attached hydrogen (secondary N) is 1. The number of aryl methyl sites for hydroxylation is 1. The van der Waals surface area contributed by atoms with E-state index in [0.717, 1.165) is 30.3 Å². The second kappa shape index (κ2) is 7.20. The first-order chi connectivity index (χ1) is 9.72. The van der Waals surface area contributed by atoms with E-state index in [2.05, 4.69) is 48.3 Å². The van der Waals surface area contributed by atoms with Gasteiger partial charge in [0.05, 0.1) is 10.7 Å². The van der Waals surface area contributed by atoms with Gasteiger partial charge in [-0.3, -0.25) is 0 Å². The Morgan fingerprint density at radius 3 is 2.45 bits per heavy atom. The Morgan fingerprint density at radius 2 is 1.75 bits per heavy atom. The average molecular weight is 289 g/mol. The lowest BCUT2D eigenvalue weighted by Crippen LogP contribution is -2.29. The molecule has 0 bridgehead atoms. The van der Waals surface area contributed by atoms with Gasteiger partial charge in [0.15, 0.2) is 0 Å². The van der Waals surface area contributed by atoms with Crippen molar-refractivity contribution in [3.05, 3.63) is 59.1 Å². The van der Waals surface area contributed by atoms with Gasteiger partial charge >= 0.3 is 0 Å². The maximum atomic E-state index is 6.14. The molecule has 0 heterocycles. The standard InChI is InChI=1S/C17H21ClN2/c1-3-20(17-11-7-4-8-14(17)2)13-12-19-16-10-6-5-9-15(16)18/h4-11,19H,3,12-13H2,1-2H3. The van der Waals surface area contributed by atoms with E-state index in [0.29, 0.717) is 0 Å².